The van der Waals surface area contributed by atoms with Gasteiger partial charge in [0.1, 0.15) is 0 Å². The van der Waals surface area contributed by atoms with Gasteiger partial charge >= 0.3 is 5.97 Å². The number of benzene rings is 2. The second kappa shape index (κ2) is 9.02. The van der Waals surface area contributed by atoms with Gasteiger partial charge in [-0.1, -0.05) is 30.3 Å². The SMILES string of the molecule is COC(=O)c1cc(NCCCCl)c(Cc2ccccc2)c(S(N)(=O)=O)c1. The summed E-state index contributed by atoms with van der Waals surface area (Å²) in [4.78, 5) is 11.8. The summed E-state index contributed by atoms with van der Waals surface area (Å²) in [5.74, 6) is -0.179. The van der Waals surface area contributed by atoms with E-state index in [1.807, 2.05) is 30.3 Å². The second-order valence-corrected chi connectivity index (χ2v) is 7.58. The highest BCUT2D eigenvalue weighted by atomic mass is 35.5. The van der Waals surface area contributed by atoms with Crippen LogP contribution in [0.1, 0.15) is 27.9 Å². The number of hydrogen-bond acceptors (Lipinski definition) is 5. The van der Waals surface area contributed by atoms with Crippen LogP contribution in [-0.4, -0.2) is 33.9 Å². The largest absolute Gasteiger partial charge is 0.465 e. The van der Waals surface area contributed by atoms with Crippen LogP contribution in [0.25, 0.3) is 0 Å². The molecule has 0 unspecified atom stereocenters. The molecule has 0 aliphatic heterocycles. The van der Waals surface area contributed by atoms with Crippen LogP contribution in [0.5, 0.6) is 0 Å². The number of alkyl halides is 1. The van der Waals surface area contributed by atoms with Crippen LogP contribution in [0.3, 0.4) is 0 Å². The quantitative estimate of drug-likeness (QED) is 0.406. The van der Waals surface area contributed by atoms with Crippen molar-refractivity contribution in [2.24, 2.45) is 5.14 Å². The minimum absolute atomic E-state index is 0.0994. The van der Waals surface area contributed by atoms with Gasteiger partial charge in [0, 0.05) is 24.5 Å². The molecule has 0 fully saturated rings. The Kier molecular flexibility index (Phi) is 7.02. The zero-order chi connectivity index (χ0) is 19.2. The lowest BCUT2D eigenvalue weighted by molar-refractivity contribution is 0.0600. The Labute approximate surface area is 158 Å². The third-order valence-corrected chi connectivity index (χ3v) is 5.03. The number of carbonyl (C=O) groups is 1. The van der Waals surface area contributed by atoms with Crippen LogP contribution < -0.4 is 10.5 Å². The van der Waals surface area contributed by atoms with Crippen molar-refractivity contribution < 1.29 is 17.9 Å². The van der Waals surface area contributed by atoms with Crippen LogP contribution in [-0.2, 0) is 21.2 Å². The first-order valence-electron chi connectivity index (χ1n) is 7.98. The molecule has 8 heteroatoms. The Bertz CT molecular complexity index is 870. The Morgan fingerprint density at radius 1 is 1.23 bits per heavy atom. The van der Waals surface area contributed by atoms with Crippen LogP contribution >= 0.6 is 11.6 Å². The number of primary sulfonamides is 1. The van der Waals surface area contributed by atoms with Gasteiger partial charge < -0.3 is 10.1 Å². The fourth-order valence-electron chi connectivity index (χ4n) is 2.56. The Morgan fingerprint density at radius 3 is 2.50 bits per heavy atom. The maximum atomic E-state index is 12.2. The predicted octanol–water partition coefficient (Wildman–Crippen LogP) is 2.75. The number of nitrogens with one attached hydrogen (secondary N) is 1. The molecule has 140 valence electrons. The summed E-state index contributed by atoms with van der Waals surface area (Å²) in [6, 6.07) is 12.2. The summed E-state index contributed by atoms with van der Waals surface area (Å²) < 4.78 is 29.1. The topological polar surface area (TPSA) is 98.5 Å². The molecule has 0 bridgehead atoms. The molecular formula is C18H21ClN2O4S. The zero-order valence-corrected chi connectivity index (χ0v) is 15.9. The van der Waals surface area contributed by atoms with E-state index < -0.39 is 16.0 Å². The number of anilines is 1. The molecule has 0 aliphatic rings. The molecule has 6 nitrogen and oxygen atoms in total. The van der Waals surface area contributed by atoms with E-state index in [0.29, 0.717) is 36.5 Å². The van der Waals surface area contributed by atoms with Crippen LogP contribution in [0.4, 0.5) is 5.69 Å². The fraction of sp³-hybridized carbons (Fsp3) is 0.278. The predicted molar refractivity (Wildman–Crippen MR) is 102 cm³/mol. The van der Waals surface area contributed by atoms with E-state index in [0.717, 1.165) is 5.56 Å². The number of hydrogen-bond donors (Lipinski definition) is 2. The number of carbonyl (C=O) groups excluding carboxylic acids is 1. The molecular weight excluding hydrogens is 376 g/mol. The normalized spacial score (nSPS) is 11.2. The molecule has 26 heavy (non-hydrogen) atoms. The number of ether oxygens (including phenoxy) is 1. The van der Waals surface area contributed by atoms with Gasteiger partial charge in [0.2, 0.25) is 10.0 Å². The minimum atomic E-state index is -4.04. The molecule has 2 aromatic carbocycles. The molecule has 0 saturated heterocycles. The van der Waals surface area contributed by atoms with Gasteiger partial charge in [-0.3, -0.25) is 0 Å². The summed E-state index contributed by atoms with van der Waals surface area (Å²) in [5.41, 5.74) is 2.05. The van der Waals surface area contributed by atoms with E-state index in [4.69, 9.17) is 21.5 Å². The summed E-state index contributed by atoms with van der Waals surface area (Å²) in [5, 5.41) is 8.57. The standard InChI is InChI=1S/C18H21ClN2O4S/c1-25-18(22)14-11-16(21-9-5-8-19)15(17(12-14)26(20,23)24)10-13-6-3-2-4-7-13/h2-4,6-7,11-12,21H,5,8-10H2,1H3,(H2,20,23,24). The van der Waals surface area contributed by atoms with Gasteiger partial charge in [-0.25, -0.2) is 18.4 Å². The second-order valence-electron chi connectivity index (χ2n) is 5.67. The minimum Gasteiger partial charge on any atom is -0.465 e. The Morgan fingerprint density at radius 2 is 1.92 bits per heavy atom. The van der Waals surface area contributed by atoms with Crippen LogP contribution in [0.15, 0.2) is 47.4 Å². The molecule has 0 amide bonds. The molecule has 0 spiro atoms. The maximum Gasteiger partial charge on any atom is 0.337 e. The van der Waals surface area contributed by atoms with Crippen molar-refractivity contribution in [3.63, 3.8) is 0 Å². The number of rotatable bonds is 8. The van der Waals surface area contributed by atoms with Gasteiger partial charge in [0.25, 0.3) is 0 Å². The van der Waals surface area contributed by atoms with Crippen LogP contribution in [0.2, 0.25) is 0 Å². The number of halogens is 1. The van der Waals surface area contributed by atoms with E-state index in [1.165, 1.54) is 13.2 Å². The number of methoxy groups -OCH3 is 1. The molecule has 0 aromatic heterocycles. The van der Waals surface area contributed by atoms with Gasteiger partial charge in [-0.2, -0.15) is 0 Å². The van der Waals surface area contributed by atoms with E-state index in [9.17, 15) is 13.2 Å². The Balaban J connectivity index is 2.60. The molecule has 2 rings (SSSR count). The summed E-state index contributed by atoms with van der Waals surface area (Å²) >= 11 is 5.72. The van der Waals surface area contributed by atoms with E-state index >= 15 is 0 Å². The van der Waals surface area contributed by atoms with Gasteiger partial charge in [0.15, 0.2) is 0 Å². The monoisotopic (exact) mass is 396 g/mol. The summed E-state index contributed by atoms with van der Waals surface area (Å²) in [7, 11) is -2.81. The molecule has 0 radical (unpaired) electrons. The maximum absolute atomic E-state index is 12.2. The average Bonchev–Trinajstić information content (AvgIpc) is 2.62. The van der Waals surface area contributed by atoms with Gasteiger partial charge in [0.05, 0.1) is 17.6 Å². The molecule has 2 aromatic rings. The molecule has 3 N–H and O–H groups in total. The smallest absolute Gasteiger partial charge is 0.337 e. The van der Waals surface area contributed by atoms with E-state index in [-0.39, 0.29) is 10.5 Å². The van der Waals surface area contributed by atoms with E-state index in [1.54, 1.807) is 6.07 Å². The van der Waals surface area contributed by atoms with Crippen molar-refractivity contribution in [1.29, 1.82) is 0 Å². The van der Waals surface area contributed by atoms with Crippen molar-refractivity contribution in [3.05, 3.63) is 59.2 Å². The number of sulfonamides is 1. The first-order valence-corrected chi connectivity index (χ1v) is 10.1. The third-order valence-electron chi connectivity index (χ3n) is 3.79. The lowest BCUT2D eigenvalue weighted by Crippen LogP contribution is -2.18. The first-order chi connectivity index (χ1) is 12.4. The fourth-order valence-corrected chi connectivity index (χ4v) is 3.52. The summed E-state index contributed by atoms with van der Waals surface area (Å²) in [6.07, 6.45) is 1.02. The Hall–Kier alpha value is -2.09. The van der Waals surface area contributed by atoms with Crippen molar-refractivity contribution in [3.8, 4) is 0 Å². The summed E-state index contributed by atoms with van der Waals surface area (Å²) in [6.45, 7) is 0.528. The highest BCUT2D eigenvalue weighted by molar-refractivity contribution is 7.89. The molecule has 0 heterocycles. The van der Waals surface area contributed by atoms with Crippen molar-refractivity contribution in [1.82, 2.24) is 0 Å². The highest BCUT2D eigenvalue weighted by Crippen LogP contribution is 2.29. The lowest BCUT2D eigenvalue weighted by atomic mass is 10.0. The molecule has 0 atom stereocenters. The van der Waals surface area contributed by atoms with Crippen molar-refractivity contribution >= 4 is 33.3 Å². The first kappa shape index (κ1) is 20.2. The molecule has 0 saturated carbocycles. The van der Waals surface area contributed by atoms with Gasteiger partial charge in [-0.15, -0.1) is 11.6 Å². The zero-order valence-electron chi connectivity index (χ0n) is 14.4. The van der Waals surface area contributed by atoms with Crippen LogP contribution in [0, 0.1) is 0 Å². The van der Waals surface area contributed by atoms with E-state index in [2.05, 4.69) is 5.32 Å². The molecule has 0 aliphatic carbocycles. The highest BCUT2D eigenvalue weighted by Gasteiger charge is 2.22. The average molecular weight is 397 g/mol. The van der Waals surface area contributed by atoms with Crippen molar-refractivity contribution in [2.45, 2.75) is 17.7 Å². The lowest BCUT2D eigenvalue weighted by Gasteiger charge is -2.17. The number of esters is 1. The van der Waals surface area contributed by atoms with Gasteiger partial charge in [-0.05, 0) is 29.7 Å². The number of nitrogens with two attached hydrogens (primary N) is 1. The third kappa shape index (κ3) is 5.20. The van der Waals surface area contributed by atoms with Crippen molar-refractivity contribution in [2.75, 3.05) is 24.9 Å².